The van der Waals surface area contributed by atoms with E-state index in [9.17, 15) is 9.18 Å². The quantitative estimate of drug-likeness (QED) is 0.736. The first kappa shape index (κ1) is 15.9. The molecule has 24 heavy (non-hydrogen) atoms. The van der Waals surface area contributed by atoms with E-state index in [2.05, 4.69) is 20.6 Å². The second kappa shape index (κ2) is 7.10. The third-order valence-electron chi connectivity index (χ3n) is 3.09. The molecule has 2 heterocycles. The average Bonchev–Trinajstić information content (AvgIpc) is 3.10. The first-order valence-corrected chi connectivity index (χ1v) is 7.34. The molecule has 0 unspecified atom stereocenters. The maximum Gasteiger partial charge on any atom is 0.275 e. The van der Waals surface area contributed by atoms with Crippen molar-refractivity contribution in [2.24, 2.45) is 0 Å². The number of carbonyl (C=O) groups excluding carboxylic acids is 1. The van der Waals surface area contributed by atoms with E-state index >= 15 is 0 Å². The highest BCUT2D eigenvalue weighted by molar-refractivity contribution is 6.31. The number of furan rings is 1. The third-order valence-corrected chi connectivity index (χ3v) is 3.38. The summed E-state index contributed by atoms with van der Waals surface area (Å²) in [4.78, 5) is 20.2. The van der Waals surface area contributed by atoms with E-state index in [1.165, 1.54) is 30.6 Å². The van der Waals surface area contributed by atoms with Crippen molar-refractivity contribution in [2.45, 2.75) is 6.54 Å². The Labute approximate surface area is 141 Å². The van der Waals surface area contributed by atoms with E-state index in [-0.39, 0.29) is 10.7 Å². The normalized spacial score (nSPS) is 10.4. The van der Waals surface area contributed by atoms with Crippen molar-refractivity contribution in [1.29, 1.82) is 0 Å². The summed E-state index contributed by atoms with van der Waals surface area (Å²) < 4.78 is 18.3. The van der Waals surface area contributed by atoms with Gasteiger partial charge < -0.3 is 15.1 Å². The lowest BCUT2D eigenvalue weighted by atomic mass is 10.3. The Bertz CT molecular complexity index is 838. The molecule has 1 amide bonds. The lowest BCUT2D eigenvalue weighted by Gasteiger charge is -2.06. The van der Waals surface area contributed by atoms with Crippen LogP contribution >= 0.6 is 11.6 Å². The van der Waals surface area contributed by atoms with Gasteiger partial charge in [-0.15, -0.1) is 0 Å². The molecule has 0 saturated heterocycles. The van der Waals surface area contributed by atoms with Crippen LogP contribution in [0.25, 0.3) is 0 Å². The smallest absolute Gasteiger partial charge is 0.275 e. The second-order valence-corrected chi connectivity index (χ2v) is 5.21. The lowest BCUT2D eigenvalue weighted by Crippen LogP contribution is -2.14. The molecule has 3 aromatic rings. The molecular weight excluding hydrogens is 335 g/mol. The van der Waals surface area contributed by atoms with Crippen molar-refractivity contribution < 1.29 is 13.6 Å². The molecule has 2 N–H and O–H groups in total. The van der Waals surface area contributed by atoms with Gasteiger partial charge in [0, 0.05) is 5.69 Å². The first-order chi connectivity index (χ1) is 11.6. The van der Waals surface area contributed by atoms with E-state index in [1.54, 1.807) is 12.3 Å². The van der Waals surface area contributed by atoms with Crippen LogP contribution in [0.4, 0.5) is 15.9 Å². The number of halogens is 2. The van der Waals surface area contributed by atoms with E-state index in [0.29, 0.717) is 18.1 Å². The summed E-state index contributed by atoms with van der Waals surface area (Å²) in [5, 5.41) is 5.52. The number of aromatic nitrogens is 2. The SMILES string of the molecule is O=C(Nc1ccc(F)c(Cl)c1)c1cnc(NCc2ccco2)cn1. The first-order valence-electron chi connectivity index (χ1n) is 6.96. The highest BCUT2D eigenvalue weighted by Crippen LogP contribution is 2.19. The number of rotatable bonds is 5. The van der Waals surface area contributed by atoms with Crippen LogP contribution in [0.5, 0.6) is 0 Å². The maximum absolute atomic E-state index is 13.1. The minimum Gasteiger partial charge on any atom is -0.467 e. The van der Waals surface area contributed by atoms with Crippen LogP contribution in [-0.4, -0.2) is 15.9 Å². The predicted octanol–water partition coefficient (Wildman–Crippen LogP) is 3.73. The van der Waals surface area contributed by atoms with Gasteiger partial charge in [-0.3, -0.25) is 4.79 Å². The summed E-state index contributed by atoms with van der Waals surface area (Å²) >= 11 is 5.67. The van der Waals surface area contributed by atoms with Gasteiger partial charge in [0.1, 0.15) is 23.1 Å². The van der Waals surface area contributed by atoms with Crippen LogP contribution in [0, 0.1) is 5.82 Å². The average molecular weight is 347 g/mol. The summed E-state index contributed by atoms with van der Waals surface area (Å²) in [7, 11) is 0. The van der Waals surface area contributed by atoms with Gasteiger partial charge in [-0.2, -0.15) is 0 Å². The van der Waals surface area contributed by atoms with Gasteiger partial charge in [-0.25, -0.2) is 14.4 Å². The fourth-order valence-corrected chi connectivity index (χ4v) is 2.08. The Hall–Kier alpha value is -2.93. The molecule has 0 aliphatic rings. The van der Waals surface area contributed by atoms with Crippen molar-refractivity contribution in [3.63, 3.8) is 0 Å². The lowest BCUT2D eigenvalue weighted by molar-refractivity contribution is 0.102. The number of amides is 1. The highest BCUT2D eigenvalue weighted by Gasteiger charge is 2.10. The fraction of sp³-hybridized carbons (Fsp3) is 0.0625. The van der Waals surface area contributed by atoms with Crippen LogP contribution in [0.2, 0.25) is 5.02 Å². The number of hydrogen-bond donors (Lipinski definition) is 2. The van der Waals surface area contributed by atoms with Gasteiger partial charge in [0.05, 0.1) is 30.2 Å². The number of anilines is 2. The van der Waals surface area contributed by atoms with Gasteiger partial charge in [0.25, 0.3) is 5.91 Å². The van der Waals surface area contributed by atoms with E-state index in [4.69, 9.17) is 16.0 Å². The van der Waals surface area contributed by atoms with Crippen molar-refractivity contribution >= 4 is 29.0 Å². The molecule has 0 aliphatic carbocycles. The Morgan fingerprint density at radius 3 is 2.79 bits per heavy atom. The fourth-order valence-electron chi connectivity index (χ4n) is 1.90. The minimum absolute atomic E-state index is 0.0728. The topological polar surface area (TPSA) is 80.0 Å². The largest absolute Gasteiger partial charge is 0.467 e. The number of hydrogen-bond acceptors (Lipinski definition) is 5. The molecule has 1 aromatic carbocycles. The molecule has 0 saturated carbocycles. The highest BCUT2D eigenvalue weighted by atomic mass is 35.5. The number of nitrogens with zero attached hydrogens (tertiary/aromatic N) is 2. The Morgan fingerprint density at radius 1 is 1.25 bits per heavy atom. The summed E-state index contributed by atoms with van der Waals surface area (Å²) in [5.74, 6) is 0.240. The number of benzene rings is 1. The monoisotopic (exact) mass is 346 g/mol. The molecule has 2 aromatic heterocycles. The Morgan fingerprint density at radius 2 is 2.12 bits per heavy atom. The molecule has 0 bridgehead atoms. The Kier molecular flexibility index (Phi) is 4.72. The van der Waals surface area contributed by atoms with Crippen molar-refractivity contribution in [3.8, 4) is 0 Å². The standard InChI is InChI=1S/C16H12ClFN4O2/c17-12-6-10(3-4-13(12)18)22-16(23)14-8-21-15(9-19-14)20-7-11-2-1-5-24-11/h1-6,8-9H,7H2,(H,20,21)(H,22,23). The van der Waals surface area contributed by atoms with Crippen LogP contribution in [-0.2, 0) is 6.54 Å². The van der Waals surface area contributed by atoms with Crippen LogP contribution < -0.4 is 10.6 Å². The maximum atomic E-state index is 13.1. The van der Waals surface area contributed by atoms with Crippen LogP contribution in [0.15, 0.2) is 53.4 Å². The molecular formula is C16H12ClFN4O2. The molecule has 0 radical (unpaired) electrons. The van der Waals surface area contributed by atoms with Gasteiger partial charge in [0.15, 0.2) is 0 Å². The molecule has 6 nitrogen and oxygen atoms in total. The van der Waals surface area contributed by atoms with Crippen molar-refractivity contribution in [3.05, 3.63) is 71.3 Å². The van der Waals surface area contributed by atoms with Gasteiger partial charge in [-0.05, 0) is 30.3 Å². The Balaban J connectivity index is 1.61. The molecule has 0 atom stereocenters. The van der Waals surface area contributed by atoms with Crippen molar-refractivity contribution in [2.75, 3.05) is 10.6 Å². The zero-order valence-electron chi connectivity index (χ0n) is 12.3. The number of carbonyl (C=O) groups is 1. The molecule has 122 valence electrons. The molecule has 0 spiro atoms. The molecule has 3 rings (SSSR count). The zero-order valence-corrected chi connectivity index (χ0v) is 13.0. The van der Waals surface area contributed by atoms with Gasteiger partial charge in [0.2, 0.25) is 0 Å². The van der Waals surface area contributed by atoms with E-state index < -0.39 is 11.7 Å². The second-order valence-electron chi connectivity index (χ2n) is 4.80. The summed E-state index contributed by atoms with van der Waals surface area (Å²) in [6.45, 7) is 0.460. The molecule has 8 heteroatoms. The molecule has 0 fully saturated rings. The predicted molar refractivity (Wildman–Crippen MR) is 87.4 cm³/mol. The van der Waals surface area contributed by atoms with E-state index in [0.717, 1.165) is 5.76 Å². The summed E-state index contributed by atoms with van der Waals surface area (Å²) in [6.07, 6.45) is 4.36. The summed E-state index contributed by atoms with van der Waals surface area (Å²) in [5.41, 5.74) is 0.493. The molecule has 0 aliphatic heterocycles. The summed E-state index contributed by atoms with van der Waals surface area (Å²) in [6, 6.07) is 7.52. The van der Waals surface area contributed by atoms with Gasteiger partial charge >= 0.3 is 0 Å². The zero-order chi connectivity index (χ0) is 16.9. The van der Waals surface area contributed by atoms with Crippen LogP contribution in [0.3, 0.4) is 0 Å². The van der Waals surface area contributed by atoms with Crippen molar-refractivity contribution in [1.82, 2.24) is 9.97 Å². The third kappa shape index (κ3) is 3.88. The van der Waals surface area contributed by atoms with E-state index in [1.807, 2.05) is 6.07 Å². The van der Waals surface area contributed by atoms with Crippen LogP contribution in [0.1, 0.15) is 16.2 Å². The number of nitrogens with one attached hydrogen (secondary N) is 2. The minimum atomic E-state index is -0.554. The van der Waals surface area contributed by atoms with Gasteiger partial charge in [-0.1, -0.05) is 11.6 Å².